The summed E-state index contributed by atoms with van der Waals surface area (Å²) in [6.07, 6.45) is 2.34. The van der Waals surface area contributed by atoms with Gasteiger partial charge >= 0.3 is 0 Å². The standard InChI is InChI=1S/C12H15FN4O/c1-17-8-15-12(16-17)4-5-14-7-9-6-10(13)2-3-11(9)18/h2-3,6,8,14,18H,4-5,7H2,1H3. The molecule has 0 amide bonds. The number of phenolic OH excluding ortho intramolecular Hbond substituents is 1. The minimum absolute atomic E-state index is 0.0971. The van der Waals surface area contributed by atoms with Gasteiger partial charge in [-0.05, 0) is 18.2 Å². The van der Waals surface area contributed by atoms with Gasteiger partial charge in [-0.15, -0.1) is 0 Å². The van der Waals surface area contributed by atoms with Crippen LogP contribution in [0.15, 0.2) is 24.5 Å². The van der Waals surface area contributed by atoms with Crippen molar-refractivity contribution in [2.75, 3.05) is 6.54 Å². The number of rotatable bonds is 5. The van der Waals surface area contributed by atoms with Crippen molar-refractivity contribution in [3.63, 3.8) is 0 Å². The van der Waals surface area contributed by atoms with E-state index in [2.05, 4.69) is 15.4 Å². The lowest BCUT2D eigenvalue weighted by Crippen LogP contribution is -2.17. The number of hydrogen-bond acceptors (Lipinski definition) is 4. The van der Waals surface area contributed by atoms with E-state index >= 15 is 0 Å². The number of hydrogen-bond donors (Lipinski definition) is 2. The van der Waals surface area contributed by atoms with E-state index in [0.717, 1.165) is 5.82 Å². The van der Waals surface area contributed by atoms with Crippen LogP contribution >= 0.6 is 0 Å². The molecule has 96 valence electrons. The number of halogens is 1. The second-order valence-corrected chi connectivity index (χ2v) is 4.03. The molecule has 2 N–H and O–H groups in total. The van der Waals surface area contributed by atoms with Gasteiger partial charge in [-0.25, -0.2) is 9.37 Å². The molecule has 0 fully saturated rings. The maximum Gasteiger partial charge on any atom is 0.151 e. The Balaban J connectivity index is 1.80. The van der Waals surface area contributed by atoms with Crippen molar-refractivity contribution in [2.45, 2.75) is 13.0 Å². The molecule has 0 unspecified atom stereocenters. The number of aromatic hydroxyl groups is 1. The van der Waals surface area contributed by atoms with Crippen LogP contribution in [-0.2, 0) is 20.0 Å². The third-order valence-corrected chi connectivity index (χ3v) is 2.53. The van der Waals surface area contributed by atoms with Crippen LogP contribution in [0.5, 0.6) is 5.75 Å². The van der Waals surface area contributed by atoms with Crippen molar-refractivity contribution in [1.29, 1.82) is 0 Å². The Labute approximate surface area is 104 Å². The van der Waals surface area contributed by atoms with Crippen LogP contribution in [0, 0.1) is 5.82 Å². The van der Waals surface area contributed by atoms with Gasteiger partial charge in [-0.2, -0.15) is 5.10 Å². The number of benzene rings is 1. The van der Waals surface area contributed by atoms with Gasteiger partial charge in [0.25, 0.3) is 0 Å². The molecule has 18 heavy (non-hydrogen) atoms. The predicted molar refractivity (Wildman–Crippen MR) is 64.5 cm³/mol. The molecular formula is C12H15FN4O. The first-order chi connectivity index (χ1) is 8.65. The molecule has 1 aromatic carbocycles. The van der Waals surface area contributed by atoms with Gasteiger partial charge in [-0.1, -0.05) is 0 Å². The van der Waals surface area contributed by atoms with E-state index in [0.29, 0.717) is 25.1 Å². The van der Waals surface area contributed by atoms with Crippen LogP contribution in [0.4, 0.5) is 4.39 Å². The minimum atomic E-state index is -0.351. The van der Waals surface area contributed by atoms with Crippen LogP contribution in [0.3, 0.4) is 0 Å². The Morgan fingerprint density at radius 2 is 2.28 bits per heavy atom. The lowest BCUT2D eigenvalue weighted by molar-refractivity contribution is 0.461. The molecule has 0 bridgehead atoms. The molecular weight excluding hydrogens is 235 g/mol. The molecule has 0 spiro atoms. The monoisotopic (exact) mass is 250 g/mol. The summed E-state index contributed by atoms with van der Waals surface area (Å²) in [6.45, 7) is 1.08. The minimum Gasteiger partial charge on any atom is -0.508 e. The first-order valence-electron chi connectivity index (χ1n) is 5.68. The maximum absolute atomic E-state index is 13.0. The largest absolute Gasteiger partial charge is 0.508 e. The summed E-state index contributed by atoms with van der Waals surface area (Å²) in [5, 5.41) is 16.8. The number of phenols is 1. The quantitative estimate of drug-likeness (QED) is 0.777. The second-order valence-electron chi connectivity index (χ2n) is 4.03. The van der Waals surface area contributed by atoms with Crippen LogP contribution in [0.2, 0.25) is 0 Å². The lowest BCUT2D eigenvalue weighted by Gasteiger charge is -2.05. The lowest BCUT2D eigenvalue weighted by atomic mass is 10.2. The van der Waals surface area contributed by atoms with E-state index < -0.39 is 0 Å². The smallest absolute Gasteiger partial charge is 0.151 e. The van der Waals surface area contributed by atoms with Crippen molar-refractivity contribution in [3.8, 4) is 5.75 Å². The molecule has 1 aromatic heterocycles. The maximum atomic E-state index is 13.0. The Hall–Kier alpha value is -1.95. The average molecular weight is 250 g/mol. The van der Waals surface area contributed by atoms with Crippen molar-refractivity contribution in [3.05, 3.63) is 41.7 Å². The van der Waals surface area contributed by atoms with Gasteiger partial charge in [-0.3, -0.25) is 4.68 Å². The predicted octanol–water partition coefficient (Wildman–Crippen LogP) is 0.992. The molecule has 2 rings (SSSR count). The molecule has 1 heterocycles. The van der Waals surface area contributed by atoms with Crippen LogP contribution < -0.4 is 5.32 Å². The fourth-order valence-electron chi connectivity index (χ4n) is 1.62. The van der Waals surface area contributed by atoms with E-state index in [4.69, 9.17) is 0 Å². The number of nitrogens with one attached hydrogen (secondary N) is 1. The number of aromatic nitrogens is 3. The topological polar surface area (TPSA) is 63.0 Å². The summed E-state index contributed by atoms with van der Waals surface area (Å²) < 4.78 is 14.6. The van der Waals surface area contributed by atoms with Crippen molar-refractivity contribution in [1.82, 2.24) is 20.1 Å². The number of nitrogens with zero attached hydrogens (tertiary/aromatic N) is 3. The zero-order chi connectivity index (χ0) is 13.0. The van der Waals surface area contributed by atoms with Crippen molar-refractivity contribution in [2.24, 2.45) is 7.05 Å². The van der Waals surface area contributed by atoms with Gasteiger partial charge in [0.2, 0.25) is 0 Å². The van der Waals surface area contributed by atoms with Gasteiger partial charge < -0.3 is 10.4 Å². The molecule has 0 saturated heterocycles. The van der Waals surface area contributed by atoms with Crippen LogP contribution in [0.25, 0.3) is 0 Å². The Morgan fingerprint density at radius 3 is 3.00 bits per heavy atom. The van der Waals surface area contributed by atoms with E-state index in [1.807, 2.05) is 7.05 Å². The fraction of sp³-hybridized carbons (Fsp3) is 0.333. The molecule has 0 aliphatic carbocycles. The second kappa shape index (κ2) is 5.59. The highest BCUT2D eigenvalue weighted by molar-refractivity contribution is 5.32. The Bertz CT molecular complexity index is 527. The van der Waals surface area contributed by atoms with E-state index in [1.54, 1.807) is 11.0 Å². The summed E-state index contributed by atoms with van der Waals surface area (Å²) in [6, 6.07) is 3.91. The molecule has 0 saturated carbocycles. The Kier molecular flexibility index (Phi) is 3.88. The molecule has 6 heteroatoms. The summed E-state index contributed by atoms with van der Waals surface area (Å²) >= 11 is 0. The Morgan fingerprint density at radius 1 is 1.44 bits per heavy atom. The summed E-state index contributed by atoms with van der Waals surface area (Å²) in [4.78, 5) is 4.09. The summed E-state index contributed by atoms with van der Waals surface area (Å²) in [5.41, 5.74) is 0.545. The normalized spacial score (nSPS) is 10.8. The third-order valence-electron chi connectivity index (χ3n) is 2.53. The molecule has 0 radical (unpaired) electrons. The molecule has 5 nitrogen and oxygen atoms in total. The van der Waals surface area contributed by atoms with Gasteiger partial charge in [0.15, 0.2) is 5.82 Å². The third kappa shape index (κ3) is 3.27. The first kappa shape index (κ1) is 12.5. The first-order valence-corrected chi connectivity index (χ1v) is 5.68. The van der Waals surface area contributed by atoms with Crippen LogP contribution in [-0.4, -0.2) is 26.4 Å². The van der Waals surface area contributed by atoms with Gasteiger partial charge in [0.05, 0.1) is 0 Å². The molecule has 0 aliphatic rings. The van der Waals surface area contributed by atoms with Crippen LogP contribution in [0.1, 0.15) is 11.4 Å². The zero-order valence-electron chi connectivity index (χ0n) is 10.1. The molecule has 0 aliphatic heterocycles. The van der Waals surface area contributed by atoms with Gasteiger partial charge in [0, 0.05) is 32.1 Å². The SMILES string of the molecule is Cn1cnc(CCNCc2cc(F)ccc2O)n1. The van der Waals surface area contributed by atoms with E-state index in [1.165, 1.54) is 18.2 Å². The summed E-state index contributed by atoms with van der Waals surface area (Å²) in [5.74, 6) is 0.504. The molecule has 2 aromatic rings. The average Bonchev–Trinajstić information content (AvgIpc) is 2.75. The highest BCUT2D eigenvalue weighted by Crippen LogP contribution is 2.17. The van der Waals surface area contributed by atoms with E-state index in [9.17, 15) is 9.50 Å². The van der Waals surface area contributed by atoms with E-state index in [-0.39, 0.29) is 11.6 Å². The number of aryl methyl sites for hydroxylation is 1. The zero-order valence-corrected chi connectivity index (χ0v) is 10.1. The van der Waals surface area contributed by atoms with Crippen molar-refractivity contribution >= 4 is 0 Å². The summed E-state index contributed by atoms with van der Waals surface area (Å²) in [7, 11) is 1.81. The highest BCUT2D eigenvalue weighted by atomic mass is 19.1. The highest BCUT2D eigenvalue weighted by Gasteiger charge is 2.03. The van der Waals surface area contributed by atoms with Gasteiger partial charge in [0.1, 0.15) is 17.9 Å². The van der Waals surface area contributed by atoms with Crippen molar-refractivity contribution < 1.29 is 9.50 Å². The molecule has 0 atom stereocenters. The fourth-order valence-corrected chi connectivity index (χ4v) is 1.62.